The average molecular weight is 659 g/mol. The van der Waals surface area contributed by atoms with Crippen LogP contribution in [0.4, 0.5) is 0 Å². The topological polar surface area (TPSA) is 36.9 Å². The molecule has 0 aliphatic carbocycles. The van der Waals surface area contributed by atoms with Crippen LogP contribution in [0.3, 0.4) is 0 Å². The SMILES string of the molecule is CC(C)[Si](O[C@@H]1[C@@H](O[Si](C(C)C)(C(C)C)C(C)C)[C@H](C)O[C@@H](Sc2ccccc2)[C@@H]1OCc1ccccc1)(C(C)C)C(C)C. The molecule has 0 aromatic heterocycles. The molecule has 2 aromatic rings. The van der Waals surface area contributed by atoms with Crippen molar-refractivity contribution in [3.63, 3.8) is 0 Å². The zero-order valence-corrected chi connectivity index (χ0v) is 32.7. The van der Waals surface area contributed by atoms with Crippen molar-refractivity contribution in [1.82, 2.24) is 0 Å². The Morgan fingerprint density at radius 2 is 1.00 bits per heavy atom. The van der Waals surface area contributed by atoms with E-state index in [9.17, 15) is 0 Å². The van der Waals surface area contributed by atoms with Crippen LogP contribution in [-0.4, -0.2) is 46.5 Å². The third-order valence-electron chi connectivity index (χ3n) is 10.1. The van der Waals surface area contributed by atoms with Gasteiger partial charge >= 0.3 is 0 Å². The zero-order valence-electron chi connectivity index (χ0n) is 29.9. The summed E-state index contributed by atoms with van der Waals surface area (Å²) in [5.41, 5.74) is 3.62. The molecule has 1 saturated heterocycles. The Labute approximate surface area is 276 Å². The number of benzene rings is 2. The van der Waals surface area contributed by atoms with E-state index in [2.05, 4.69) is 151 Å². The fourth-order valence-corrected chi connectivity index (χ4v) is 20.6. The van der Waals surface area contributed by atoms with Crippen LogP contribution in [0.15, 0.2) is 65.6 Å². The van der Waals surface area contributed by atoms with Crippen molar-refractivity contribution >= 4 is 28.4 Å². The molecule has 5 atom stereocenters. The molecule has 4 nitrogen and oxygen atoms in total. The van der Waals surface area contributed by atoms with E-state index >= 15 is 0 Å². The molecular weight excluding hydrogens is 597 g/mol. The third-order valence-corrected chi connectivity index (χ3v) is 23.4. The van der Waals surface area contributed by atoms with E-state index in [1.54, 1.807) is 11.8 Å². The fraction of sp³-hybridized carbons (Fsp3) is 0.676. The monoisotopic (exact) mass is 658 g/mol. The van der Waals surface area contributed by atoms with Gasteiger partial charge in [-0.3, -0.25) is 0 Å². The number of ether oxygens (including phenoxy) is 2. The lowest BCUT2D eigenvalue weighted by Gasteiger charge is -2.55. The van der Waals surface area contributed by atoms with Gasteiger partial charge in [0.2, 0.25) is 16.6 Å². The standard InChI is InChI=1S/C37H62O4SSi2/c1-25(2)43(26(3)4,27(5)6)40-34-31(13)39-37(42-33-22-18-15-19-23-33)36(38-24-32-20-16-14-17-21-32)35(34)41-44(28(7)8,29(9)10)30(11)12/h14-23,25-31,34-37H,24H2,1-13H3/t31-,34-,35+,36+,37-/m0/s1. The van der Waals surface area contributed by atoms with E-state index < -0.39 is 16.6 Å². The van der Waals surface area contributed by atoms with E-state index in [-0.39, 0.29) is 29.9 Å². The van der Waals surface area contributed by atoms with Crippen molar-refractivity contribution in [1.29, 1.82) is 0 Å². The fourth-order valence-electron chi connectivity index (χ4n) is 8.23. The molecule has 2 aromatic carbocycles. The third kappa shape index (κ3) is 8.13. The Kier molecular flexibility index (Phi) is 13.9. The van der Waals surface area contributed by atoms with E-state index in [0.717, 1.165) is 5.56 Å². The highest BCUT2D eigenvalue weighted by Gasteiger charge is 2.57. The minimum absolute atomic E-state index is 0.140. The second kappa shape index (κ2) is 16.3. The highest BCUT2D eigenvalue weighted by molar-refractivity contribution is 7.99. The lowest BCUT2D eigenvalue weighted by atomic mass is 10.0. The minimum Gasteiger partial charge on any atom is -0.408 e. The highest BCUT2D eigenvalue weighted by Crippen LogP contribution is 2.49. The molecule has 3 rings (SSSR count). The van der Waals surface area contributed by atoms with Crippen LogP contribution in [0, 0.1) is 0 Å². The summed E-state index contributed by atoms with van der Waals surface area (Å²) in [7, 11) is -4.60. The summed E-state index contributed by atoms with van der Waals surface area (Å²) in [6, 6.07) is 21.1. The predicted molar refractivity (Wildman–Crippen MR) is 193 cm³/mol. The van der Waals surface area contributed by atoms with E-state index in [1.165, 1.54) is 4.90 Å². The molecule has 0 bridgehead atoms. The summed E-state index contributed by atoms with van der Waals surface area (Å²) in [5.74, 6) is 0. The van der Waals surface area contributed by atoms with Crippen molar-refractivity contribution in [3.05, 3.63) is 66.2 Å². The first-order valence-electron chi connectivity index (χ1n) is 17.1. The van der Waals surface area contributed by atoms with Crippen LogP contribution < -0.4 is 0 Å². The Morgan fingerprint density at radius 3 is 1.43 bits per heavy atom. The van der Waals surface area contributed by atoms with Gasteiger partial charge < -0.3 is 18.3 Å². The average Bonchev–Trinajstić information content (AvgIpc) is 2.95. The minimum atomic E-state index is -2.32. The molecule has 0 N–H and O–H groups in total. The quantitative estimate of drug-likeness (QED) is 0.178. The molecule has 44 heavy (non-hydrogen) atoms. The van der Waals surface area contributed by atoms with Crippen molar-refractivity contribution < 1.29 is 18.3 Å². The van der Waals surface area contributed by atoms with Crippen LogP contribution in [-0.2, 0) is 24.9 Å². The van der Waals surface area contributed by atoms with E-state index in [0.29, 0.717) is 39.9 Å². The van der Waals surface area contributed by atoms with E-state index in [4.69, 9.17) is 18.3 Å². The Bertz CT molecular complexity index is 1070. The summed E-state index contributed by atoms with van der Waals surface area (Å²) >= 11 is 1.75. The molecule has 0 amide bonds. The van der Waals surface area contributed by atoms with Gasteiger partial charge in [-0.2, -0.15) is 0 Å². The summed E-state index contributed by atoms with van der Waals surface area (Å²) in [6.07, 6.45) is -0.905. The van der Waals surface area contributed by atoms with Crippen LogP contribution in [0.25, 0.3) is 0 Å². The molecule has 248 valence electrons. The molecule has 7 heteroatoms. The Morgan fingerprint density at radius 1 is 0.591 bits per heavy atom. The van der Waals surface area contributed by atoms with Gasteiger partial charge in [-0.15, -0.1) is 0 Å². The van der Waals surface area contributed by atoms with Crippen molar-refractivity contribution in [2.24, 2.45) is 0 Å². The highest BCUT2D eigenvalue weighted by atomic mass is 32.2. The maximum atomic E-state index is 7.82. The number of rotatable bonds is 15. The van der Waals surface area contributed by atoms with Gasteiger partial charge in [0.05, 0.1) is 18.8 Å². The van der Waals surface area contributed by atoms with Crippen LogP contribution in [0.5, 0.6) is 0 Å². The van der Waals surface area contributed by atoms with Gasteiger partial charge in [0, 0.05) is 4.90 Å². The van der Waals surface area contributed by atoms with Crippen LogP contribution >= 0.6 is 11.8 Å². The molecule has 1 heterocycles. The molecule has 0 spiro atoms. The molecule has 1 fully saturated rings. The molecule has 1 aliphatic heterocycles. The van der Waals surface area contributed by atoms with Gasteiger partial charge in [-0.25, -0.2) is 0 Å². The summed E-state index contributed by atoms with van der Waals surface area (Å²) < 4.78 is 29.5. The molecular formula is C37H62O4SSi2. The normalized spacial score (nSPS) is 23.6. The lowest BCUT2D eigenvalue weighted by molar-refractivity contribution is -0.202. The second-order valence-electron chi connectivity index (χ2n) is 14.7. The first kappa shape index (κ1) is 37.5. The van der Waals surface area contributed by atoms with Gasteiger partial charge in [0.1, 0.15) is 17.6 Å². The summed E-state index contributed by atoms with van der Waals surface area (Å²) in [5, 5.41) is 0. The lowest BCUT2D eigenvalue weighted by Crippen LogP contribution is -2.66. The molecule has 1 aliphatic rings. The second-order valence-corrected chi connectivity index (χ2v) is 26.7. The van der Waals surface area contributed by atoms with Crippen LogP contribution in [0.2, 0.25) is 33.2 Å². The zero-order chi connectivity index (χ0) is 32.8. The van der Waals surface area contributed by atoms with Gasteiger partial charge in [-0.05, 0) is 57.9 Å². The van der Waals surface area contributed by atoms with Crippen molar-refractivity contribution in [2.75, 3.05) is 0 Å². The molecule has 0 unspecified atom stereocenters. The van der Waals surface area contributed by atoms with Crippen molar-refractivity contribution in [3.8, 4) is 0 Å². The number of hydrogen-bond acceptors (Lipinski definition) is 5. The van der Waals surface area contributed by atoms with Gasteiger partial charge in [-0.1, -0.05) is 143 Å². The Balaban J connectivity index is 2.20. The molecule has 0 radical (unpaired) electrons. The van der Waals surface area contributed by atoms with Crippen LogP contribution in [0.1, 0.15) is 95.6 Å². The van der Waals surface area contributed by atoms with Gasteiger partial charge in [0.15, 0.2) is 0 Å². The summed E-state index contributed by atoms with van der Waals surface area (Å²) in [4.78, 5) is 1.17. The molecule has 0 saturated carbocycles. The largest absolute Gasteiger partial charge is 0.408 e. The maximum absolute atomic E-state index is 7.82. The van der Waals surface area contributed by atoms with Crippen molar-refractivity contribution in [2.45, 2.75) is 165 Å². The number of thioether (sulfide) groups is 1. The maximum Gasteiger partial charge on any atom is 0.201 e. The smallest absolute Gasteiger partial charge is 0.201 e. The first-order valence-corrected chi connectivity index (χ1v) is 22.2. The Hall–Kier alpha value is -0.936. The van der Waals surface area contributed by atoms with Gasteiger partial charge in [0.25, 0.3) is 0 Å². The first-order chi connectivity index (χ1) is 20.7. The number of hydrogen-bond donors (Lipinski definition) is 0. The van der Waals surface area contributed by atoms with E-state index in [1.807, 2.05) is 0 Å². The summed E-state index contributed by atoms with van der Waals surface area (Å²) in [6.45, 7) is 31.1. The predicted octanol–water partition coefficient (Wildman–Crippen LogP) is 11.2.